The number of rotatable bonds is 4. The van der Waals surface area contributed by atoms with Gasteiger partial charge in [-0.15, -0.1) is 0 Å². The summed E-state index contributed by atoms with van der Waals surface area (Å²) in [6.07, 6.45) is 8.64. The molecule has 2 rings (SSSR count). The van der Waals surface area contributed by atoms with E-state index in [4.69, 9.17) is 0 Å². The van der Waals surface area contributed by atoms with Crippen LogP contribution in [0.3, 0.4) is 0 Å². The highest BCUT2D eigenvalue weighted by Crippen LogP contribution is 2.20. The molecule has 0 atom stereocenters. The van der Waals surface area contributed by atoms with Crippen molar-refractivity contribution < 1.29 is 4.79 Å². The van der Waals surface area contributed by atoms with Crippen LogP contribution in [0.4, 0.5) is 5.69 Å². The normalized spacial score (nSPS) is 15.8. The molecule has 4 nitrogen and oxygen atoms in total. The van der Waals surface area contributed by atoms with Crippen molar-refractivity contribution in [2.75, 3.05) is 31.1 Å². The first-order valence-electron chi connectivity index (χ1n) is 7.75. The molecule has 0 unspecified atom stereocenters. The predicted molar refractivity (Wildman–Crippen MR) is 82.2 cm³/mol. The molecule has 1 aromatic rings. The van der Waals surface area contributed by atoms with E-state index in [0.717, 1.165) is 31.9 Å². The largest absolute Gasteiger partial charge is 0.370 e. The minimum Gasteiger partial charge on any atom is -0.370 e. The topological polar surface area (TPSA) is 36.4 Å². The van der Waals surface area contributed by atoms with Crippen LogP contribution in [0.1, 0.15) is 49.9 Å². The van der Waals surface area contributed by atoms with Crippen LogP contribution in [0.2, 0.25) is 0 Å². The molecule has 1 aliphatic rings. The molecule has 4 heteroatoms. The number of pyridine rings is 1. The van der Waals surface area contributed by atoms with Crippen molar-refractivity contribution >= 4 is 11.6 Å². The average molecular weight is 275 g/mol. The quantitative estimate of drug-likeness (QED) is 0.847. The lowest BCUT2D eigenvalue weighted by Gasteiger charge is -2.23. The Morgan fingerprint density at radius 2 is 1.80 bits per heavy atom. The van der Waals surface area contributed by atoms with Crippen LogP contribution in [-0.4, -0.2) is 42.0 Å². The SMILES string of the molecule is CCN(CC)C(=O)c1cncc(N2CCCCCC2)c1. The van der Waals surface area contributed by atoms with Gasteiger partial charge in [0.05, 0.1) is 17.4 Å². The molecule has 1 saturated heterocycles. The number of anilines is 1. The molecule has 1 aromatic heterocycles. The number of carbonyl (C=O) groups is 1. The molecule has 0 saturated carbocycles. The van der Waals surface area contributed by atoms with E-state index in [1.807, 2.05) is 31.0 Å². The van der Waals surface area contributed by atoms with Gasteiger partial charge < -0.3 is 9.80 Å². The van der Waals surface area contributed by atoms with E-state index in [-0.39, 0.29) is 5.91 Å². The minimum absolute atomic E-state index is 0.0826. The summed E-state index contributed by atoms with van der Waals surface area (Å²) in [5, 5.41) is 0. The lowest BCUT2D eigenvalue weighted by atomic mass is 10.2. The Kier molecular flexibility index (Phi) is 5.39. The molecule has 0 N–H and O–H groups in total. The minimum atomic E-state index is 0.0826. The maximum atomic E-state index is 12.4. The van der Waals surface area contributed by atoms with Gasteiger partial charge in [-0.3, -0.25) is 9.78 Å². The molecule has 1 fully saturated rings. The molecule has 110 valence electrons. The molecule has 1 aliphatic heterocycles. The molecule has 1 amide bonds. The zero-order chi connectivity index (χ0) is 14.4. The molecular weight excluding hydrogens is 250 g/mol. The Bertz CT molecular complexity index is 435. The fourth-order valence-electron chi connectivity index (χ4n) is 2.74. The highest BCUT2D eigenvalue weighted by Gasteiger charge is 2.16. The van der Waals surface area contributed by atoms with Gasteiger partial charge in [0.1, 0.15) is 0 Å². The van der Waals surface area contributed by atoms with Gasteiger partial charge in [0.2, 0.25) is 0 Å². The summed E-state index contributed by atoms with van der Waals surface area (Å²) in [7, 11) is 0. The number of carbonyl (C=O) groups excluding carboxylic acids is 1. The van der Waals surface area contributed by atoms with E-state index >= 15 is 0 Å². The Hall–Kier alpha value is -1.58. The Balaban J connectivity index is 2.16. The number of amides is 1. The summed E-state index contributed by atoms with van der Waals surface area (Å²) in [6, 6.07) is 2.00. The lowest BCUT2D eigenvalue weighted by Crippen LogP contribution is -2.31. The van der Waals surface area contributed by atoms with Crippen molar-refractivity contribution in [1.82, 2.24) is 9.88 Å². The fraction of sp³-hybridized carbons (Fsp3) is 0.625. The third kappa shape index (κ3) is 3.50. The van der Waals surface area contributed by atoms with E-state index in [1.54, 1.807) is 6.20 Å². The van der Waals surface area contributed by atoms with Crippen LogP contribution < -0.4 is 4.90 Å². The molecule has 2 heterocycles. The summed E-state index contributed by atoms with van der Waals surface area (Å²) < 4.78 is 0. The van der Waals surface area contributed by atoms with Gasteiger partial charge in [0, 0.05) is 32.4 Å². The maximum absolute atomic E-state index is 12.4. The number of hydrogen-bond acceptors (Lipinski definition) is 3. The van der Waals surface area contributed by atoms with E-state index in [0.29, 0.717) is 5.56 Å². The van der Waals surface area contributed by atoms with Crippen molar-refractivity contribution in [1.29, 1.82) is 0 Å². The third-order valence-electron chi connectivity index (χ3n) is 3.99. The standard InChI is InChI=1S/C16H25N3O/c1-3-18(4-2)16(20)14-11-15(13-17-12-14)19-9-7-5-6-8-10-19/h11-13H,3-10H2,1-2H3. The van der Waals surface area contributed by atoms with Gasteiger partial charge in [-0.05, 0) is 32.8 Å². The van der Waals surface area contributed by atoms with Gasteiger partial charge in [-0.1, -0.05) is 12.8 Å². The second-order valence-electron chi connectivity index (χ2n) is 5.31. The van der Waals surface area contributed by atoms with Gasteiger partial charge in [-0.2, -0.15) is 0 Å². The van der Waals surface area contributed by atoms with E-state index in [1.165, 1.54) is 25.7 Å². The van der Waals surface area contributed by atoms with Crippen LogP contribution in [0.15, 0.2) is 18.5 Å². The van der Waals surface area contributed by atoms with Crippen LogP contribution in [-0.2, 0) is 0 Å². The molecule has 0 bridgehead atoms. The van der Waals surface area contributed by atoms with Crippen LogP contribution in [0.25, 0.3) is 0 Å². The third-order valence-corrected chi connectivity index (χ3v) is 3.99. The summed E-state index contributed by atoms with van der Waals surface area (Å²) in [4.78, 5) is 20.8. The van der Waals surface area contributed by atoms with Gasteiger partial charge >= 0.3 is 0 Å². The van der Waals surface area contributed by atoms with Crippen molar-refractivity contribution in [3.8, 4) is 0 Å². The highest BCUT2D eigenvalue weighted by molar-refractivity contribution is 5.94. The molecule has 0 radical (unpaired) electrons. The Morgan fingerprint density at radius 1 is 1.15 bits per heavy atom. The first-order chi connectivity index (χ1) is 9.76. The first-order valence-corrected chi connectivity index (χ1v) is 7.75. The van der Waals surface area contributed by atoms with Crippen LogP contribution >= 0.6 is 0 Å². The predicted octanol–water partition coefficient (Wildman–Crippen LogP) is 2.94. The lowest BCUT2D eigenvalue weighted by molar-refractivity contribution is 0.0772. The second-order valence-corrected chi connectivity index (χ2v) is 5.31. The molecule has 0 spiro atoms. The maximum Gasteiger partial charge on any atom is 0.255 e. The van der Waals surface area contributed by atoms with Crippen molar-refractivity contribution in [2.24, 2.45) is 0 Å². The summed E-state index contributed by atoms with van der Waals surface area (Å²) in [5.41, 5.74) is 1.79. The second kappa shape index (κ2) is 7.27. The van der Waals surface area contributed by atoms with E-state index in [2.05, 4.69) is 9.88 Å². The van der Waals surface area contributed by atoms with E-state index in [9.17, 15) is 4.79 Å². The zero-order valence-corrected chi connectivity index (χ0v) is 12.6. The number of hydrogen-bond donors (Lipinski definition) is 0. The zero-order valence-electron chi connectivity index (χ0n) is 12.6. The van der Waals surface area contributed by atoms with Gasteiger partial charge in [0.25, 0.3) is 5.91 Å². The van der Waals surface area contributed by atoms with Gasteiger partial charge in [-0.25, -0.2) is 0 Å². The average Bonchev–Trinajstić information content (AvgIpc) is 2.77. The summed E-state index contributed by atoms with van der Waals surface area (Å²) in [5.74, 6) is 0.0826. The van der Waals surface area contributed by atoms with Crippen LogP contribution in [0, 0.1) is 0 Å². The first kappa shape index (κ1) is 14.8. The summed E-state index contributed by atoms with van der Waals surface area (Å²) >= 11 is 0. The number of aromatic nitrogens is 1. The monoisotopic (exact) mass is 275 g/mol. The van der Waals surface area contributed by atoms with Crippen molar-refractivity contribution in [2.45, 2.75) is 39.5 Å². The van der Waals surface area contributed by atoms with Crippen molar-refractivity contribution in [3.63, 3.8) is 0 Å². The molecule has 20 heavy (non-hydrogen) atoms. The molecule has 0 aliphatic carbocycles. The fourth-order valence-corrected chi connectivity index (χ4v) is 2.74. The summed E-state index contributed by atoms with van der Waals surface area (Å²) in [6.45, 7) is 7.64. The van der Waals surface area contributed by atoms with Crippen molar-refractivity contribution in [3.05, 3.63) is 24.0 Å². The molecular formula is C16H25N3O. The highest BCUT2D eigenvalue weighted by atomic mass is 16.2. The Morgan fingerprint density at radius 3 is 2.40 bits per heavy atom. The number of nitrogens with zero attached hydrogens (tertiary/aromatic N) is 3. The van der Waals surface area contributed by atoms with Crippen LogP contribution in [0.5, 0.6) is 0 Å². The van der Waals surface area contributed by atoms with E-state index < -0.39 is 0 Å². The smallest absolute Gasteiger partial charge is 0.255 e. The Labute approximate surface area is 121 Å². The molecule has 0 aromatic carbocycles. The van der Waals surface area contributed by atoms with Gasteiger partial charge in [0.15, 0.2) is 0 Å².